The Hall–Kier alpha value is -2.30. The molecule has 0 spiro atoms. The minimum atomic E-state index is -4.01. The molecule has 0 atom stereocenters. The van der Waals surface area contributed by atoms with Gasteiger partial charge in [-0.25, -0.2) is 13.6 Å². The van der Waals surface area contributed by atoms with E-state index in [0.717, 1.165) is 15.8 Å². The molecular weight excluding hydrogens is 328 g/mol. The van der Waals surface area contributed by atoms with Gasteiger partial charge in [0.2, 0.25) is 10.0 Å². The summed E-state index contributed by atoms with van der Waals surface area (Å²) in [4.78, 5) is 12.0. The molecule has 10 heteroatoms. The number of nitrogens with two attached hydrogens (primary N) is 1. The maximum absolute atomic E-state index is 11.2. The van der Waals surface area contributed by atoms with Gasteiger partial charge >= 0.3 is 0 Å². The van der Waals surface area contributed by atoms with Crippen LogP contribution in [0.15, 0.2) is 40.3 Å². The second-order valence-corrected chi connectivity index (χ2v) is 7.18. The third-order valence-corrected chi connectivity index (χ3v) is 4.48. The molecule has 0 unspecified atom stereocenters. The highest BCUT2D eigenvalue weighted by molar-refractivity contribution is 7.89. The van der Waals surface area contributed by atoms with Crippen molar-refractivity contribution in [1.29, 1.82) is 0 Å². The molecule has 3 N–H and O–H groups in total. The van der Waals surface area contributed by atoms with E-state index in [-0.39, 0.29) is 10.6 Å². The first-order chi connectivity index (χ1) is 10.3. The molecule has 22 heavy (non-hydrogen) atoms. The van der Waals surface area contributed by atoms with Gasteiger partial charge in [0.1, 0.15) is 5.69 Å². The van der Waals surface area contributed by atoms with E-state index in [9.17, 15) is 18.5 Å². The molecule has 0 fully saturated rings. The molecule has 0 saturated carbocycles. The van der Waals surface area contributed by atoms with Crippen molar-refractivity contribution >= 4 is 38.9 Å². The zero-order chi connectivity index (χ0) is 16.3. The first-order valence-corrected chi connectivity index (χ1v) is 8.30. The van der Waals surface area contributed by atoms with Crippen molar-refractivity contribution in [3.63, 3.8) is 0 Å². The Morgan fingerprint density at radius 2 is 2.09 bits per heavy atom. The molecule has 8 nitrogen and oxygen atoms in total. The first-order valence-electron chi connectivity index (χ1n) is 5.94. The fraction of sp³-hybridized carbons (Fsp3) is 0.0833. The fourth-order valence-corrected chi connectivity index (χ4v) is 2.91. The highest BCUT2D eigenvalue weighted by Gasteiger charge is 2.18. The molecule has 0 amide bonds. The maximum atomic E-state index is 11.2. The number of primary sulfonamides is 1. The lowest BCUT2D eigenvalue weighted by Crippen LogP contribution is -2.12. The molecule has 0 aliphatic heterocycles. The van der Waals surface area contributed by atoms with E-state index in [0.29, 0.717) is 0 Å². The average molecular weight is 340 g/mol. The van der Waals surface area contributed by atoms with Gasteiger partial charge in [-0.05, 0) is 31.2 Å². The van der Waals surface area contributed by atoms with Crippen molar-refractivity contribution in [2.75, 3.05) is 5.43 Å². The van der Waals surface area contributed by atoms with E-state index >= 15 is 0 Å². The summed E-state index contributed by atoms with van der Waals surface area (Å²) in [7, 11) is -4.01. The summed E-state index contributed by atoms with van der Waals surface area (Å²) < 4.78 is 22.5. The summed E-state index contributed by atoms with van der Waals surface area (Å²) in [6.45, 7) is 1.95. The van der Waals surface area contributed by atoms with Gasteiger partial charge in [0.05, 0.1) is 16.0 Å². The Balaban J connectivity index is 2.27. The minimum Gasteiger partial charge on any atom is -0.272 e. The molecule has 2 aromatic rings. The summed E-state index contributed by atoms with van der Waals surface area (Å²) in [6.07, 6.45) is 1.52. The van der Waals surface area contributed by atoms with Gasteiger partial charge in [-0.1, -0.05) is 0 Å². The van der Waals surface area contributed by atoms with E-state index < -0.39 is 20.6 Å². The van der Waals surface area contributed by atoms with Crippen LogP contribution < -0.4 is 10.6 Å². The van der Waals surface area contributed by atoms with Crippen LogP contribution in [0, 0.1) is 17.0 Å². The number of nitrogens with one attached hydrogen (secondary N) is 1. The van der Waals surface area contributed by atoms with Crippen molar-refractivity contribution < 1.29 is 13.3 Å². The highest BCUT2D eigenvalue weighted by atomic mass is 32.2. The van der Waals surface area contributed by atoms with Crippen molar-refractivity contribution in [2.45, 2.75) is 11.8 Å². The smallest absolute Gasteiger partial charge is 0.272 e. The Bertz CT molecular complexity index is 843. The van der Waals surface area contributed by atoms with Gasteiger partial charge in [-0.2, -0.15) is 5.10 Å². The lowest BCUT2D eigenvalue weighted by molar-refractivity contribution is -0.384. The highest BCUT2D eigenvalue weighted by Crippen LogP contribution is 2.27. The topological polar surface area (TPSA) is 128 Å². The Labute approximate surface area is 130 Å². The van der Waals surface area contributed by atoms with E-state index in [1.54, 1.807) is 0 Å². The number of aryl methyl sites for hydroxylation is 1. The van der Waals surface area contributed by atoms with Crippen LogP contribution in [0.2, 0.25) is 0 Å². The van der Waals surface area contributed by atoms with Crippen LogP contribution in [0.25, 0.3) is 0 Å². The number of benzene rings is 1. The van der Waals surface area contributed by atoms with Crippen molar-refractivity contribution in [3.05, 3.63) is 50.2 Å². The van der Waals surface area contributed by atoms with Crippen LogP contribution in [0.5, 0.6) is 0 Å². The molecule has 1 heterocycles. The number of nitrogens with zero attached hydrogens (tertiary/aromatic N) is 2. The minimum absolute atomic E-state index is 0.0712. The van der Waals surface area contributed by atoms with Crippen LogP contribution in [-0.4, -0.2) is 19.6 Å². The van der Waals surface area contributed by atoms with E-state index in [2.05, 4.69) is 10.5 Å². The van der Waals surface area contributed by atoms with Gasteiger partial charge < -0.3 is 0 Å². The zero-order valence-electron chi connectivity index (χ0n) is 11.4. The van der Waals surface area contributed by atoms with Gasteiger partial charge in [-0.15, -0.1) is 11.3 Å². The van der Waals surface area contributed by atoms with Gasteiger partial charge in [0.15, 0.2) is 0 Å². The lowest BCUT2D eigenvalue weighted by atomic mass is 10.3. The van der Waals surface area contributed by atoms with Gasteiger partial charge in [0.25, 0.3) is 5.69 Å². The molecule has 0 aliphatic rings. The zero-order valence-corrected chi connectivity index (χ0v) is 13.0. The lowest BCUT2D eigenvalue weighted by Gasteiger charge is -2.04. The summed E-state index contributed by atoms with van der Waals surface area (Å²) in [5.74, 6) is 0. The summed E-state index contributed by atoms with van der Waals surface area (Å²) >= 11 is 1.52. The third kappa shape index (κ3) is 3.87. The Morgan fingerprint density at radius 3 is 2.64 bits per heavy atom. The predicted octanol–water partition coefficient (Wildman–Crippen LogP) is 2.06. The van der Waals surface area contributed by atoms with Crippen LogP contribution >= 0.6 is 11.3 Å². The number of anilines is 1. The Morgan fingerprint density at radius 1 is 1.36 bits per heavy atom. The van der Waals surface area contributed by atoms with E-state index in [4.69, 9.17) is 5.14 Å². The number of hydrazone groups is 1. The van der Waals surface area contributed by atoms with Crippen molar-refractivity contribution in [2.24, 2.45) is 10.2 Å². The second kappa shape index (κ2) is 6.22. The van der Waals surface area contributed by atoms with Crippen LogP contribution in [0.3, 0.4) is 0 Å². The summed E-state index contributed by atoms with van der Waals surface area (Å²) in [5.41, 5.74) is 2.18. The molecule has 116 valence electrons. The normalized spacial score (nSPS) is 11.7. The number of nitro benzene ring substituents is 1. The summed E-state index contributed by atoms with van der Waals surface area (Å²) in [5, 5.41) is 19.9. The number of thiophene rings is 1. The Kier molecular flexibility index (Phi) is 4.54. The molecule has 1 aromatic carbocycles. The number of rotatable bonds is 5. The van der Waals surface area contributed by atoms with Crippen molar-refractivity contribution in [3.8, 4) is 0 Å². The molecule has 0 bridgehead atoms. The van der Waals surface area contributed by atoms with Crippen LogP contribution in [0.4, 0.5) is 11.4 Å². The number of nitro groups is 1. The maximum Gasteiger partial charge on any atom is 0.295 e. The SMILES string of the molecule is Cc1ccc(C=NNc2ccc(S(N)(=O)=O)cc2[N+](=O)[O-])s1. The molecule has 0 aliphatic carbocycles. The van der Waals surface area contributed by atoms with Crippen LogP contribution in [0.1, 0.15) is 9.75 Å². The summed E-state index contributed by atoms with van der Waals surface area (Å²) in [6, 6.07) is 7.10. The molecule has 1 aromatic heterocycles. The van der Waals surface area contributed by atoms with E-state index in [1.165, 1.54) is 29.7 Å². The second-order valence-electron chi connectivity index (χ2n) is 4.30. The van der Waals surface area contributed by atoms with Gasteiger partial charge in [-0.3, -0.25) is 15.5 Å². The largest absolute Gasteiger partial charge is 0.295 e. The predicted molar refractivity (Wildman–Crippen MR) is 84.7 cm³/mol. The number of hydrogen-bond acceptors (Lipinski definition) is 7. The third-order valence-electron chi connectivity index (χ3n) is 2.63. The molecule has 0 radical (unpaired) electrons. The van der Waals surface area contributed by atoms with E-state index in [1.807, 2.05) is 19.1 Å². The molecule has 0 saturated heterocycles. The molecular formula is C12H12N4O4S2. The standard InChI is InChI=1S/C12H12N4O4S2/c1-8-2-3-9(21-8)7-14-15-11-5-4-10(22(13,19)20)6-12(11)16(17)18/h2-7,15H,1H3,(H2,13,19,20). The average Bonchev–Trinajstić information content (AvgIpc) is 2.83. The first kappa shape index (κ1) is 16.1. The quantitative estimate of drug-likeness (QED) is 0.489. The monoisotopic (exact) mass is 340 g/mol. The number of sulfonamides is 1. The number of hydrogen-bond donors (Lipinski definition) is 2. The fourth-order valence-electron chi connectivity index (χ4n) is 1.62. The van der Waals surface area contributed by atoms with Gasteiger partial charge in [0, 0.05) is 15.8 Å². The van der Waals surface area contributed by atoms with Crippen LogP contribution in [-0.2, 0) is 10.0 Å². The molecule has 2 rings (SSSR count). The van der Waals surface area contributed by atoms with Crippen molar-refractivity contribution in [1.82, 2.24) is 0 Å².